The fourth-order valence-corrected chi connectivity index (χ4v) is 4.24. The van der Waals surface area contributed by atoms with Gasteiger partial charge in [0.2, 0.25) is 0 Å². The van der Waals surface area contributed by atoms with Crippen LogP contribution in [0.5, 0.6) is 5.75 Å². The molecule has 5 heteroatoms. The normalized spacial score (nSPS) is 16.8. The highest BCUT2D eigenvalue weighted by molar-refractivity contribution is 7.12. The van der Waals surface area contributed by atoms with Crippen molar-refractivity contribution in [1.82, 2.24) is 0 Å². The van der Waals surface area contributed by atoms with Crippen LogP contribution in [0.1, 0.15) is 35.4 Å². The van der Waals surface area contributed by atoms with E-state index < -0.39 is 0 Å². The Morgan fingerprint density at radius 3 is 2.71 bits per heavy atom. The number of benzene rings is 1. The molecule has 0 spiro atoms. The molecule has 4 nitrogen and oxygen atoms in total. The Kier molecular flexibility index (Phi) is 5.53. The number of hydrogen-bond acceptors (Lipinski definition) is 4. The van der Waals surface area contributed by atoms with E-state index >= 15 is 0 Å². The molecule has 0 radical (unpaired) electrons. The van der Waals surface area contributed by atoms with Crippen molar-refractivity contribution in [3.63, 3.8) is 0 Å². The molecule has 1 aliphatic carbocycles. The third kappa shape index (κ3) is 4.36. The van der Waals surface area contributed by atoms with Crippen molar-refractivity contribution in [3.8, 4) is 5.75 Å². The number of aliphatic hydroxyl groups excluding tert-OH is 1. The summed E-state index contributed by atoms with van der Waals surface area (Å²) in [5, 5.41) is 22.7. The van der Waals surface area contributed by atoms with E-state index in [1.165, 1.54) is 17.7 Å². The van der Waals surface area contributed by atoms with E-state index in [0.29, 0.717) is 5.92 Å². The molecule has 1 aromatic carbocycles. The Balaban J connectivity index is 1.58. The van der Waals surface area contributed by atoms with Gasteiger partial charge in [-0.25, -0.2) is 4.99 Å². The monoisotopic (exact) mass is 344 g/mol. The van der Waals surface area contributed by atoms with Gasteiger partial charge in [0.05, 0.1) is 18.1 Å². The number of hydrogen-bond donors (Lipinski definition) is 3. The quantitative estimate of drug-likeness (QED) is 0.407. The number of nitrogens with zero attached hydrogens (tertiary/aromatic N) is 1. The molecule has 1 aliphatic rings. The highest BCUT2D eigenvalue weighted by Crippen LogP contribution is 2.33. The van der Waals surface area contributed by atoms with Gasteiger partial charge in [-0.2, -0.15) is 0 Å². The topological polar surface area (TPSA) is 64.9 Å². The first-order valence-corrected chi connectivity index (χ1v) is 9.29. The predicted molar refractivity (Wildman–Crippen MR) is 101 cm³/mol. The van der Waals surface area contributed by atoms with Crippen LogP contribution in [0.2, 0.25) is 0 Å². The van der Waals surface area contributed by atoms with Crippen LogP contribution in [0, 0.1) is 12.8 Å². The lowest BCUT2D eigenvalue weighted by Gasteiger charge is -2.16. The predicted octanol–water partition coefficient (Wildman–Crippen LogP) is 4.63. The van der Waals surface area contributed by atoms with Gasteiger partial charge in [0, 0.05) is 21.9 Å². The first-order valence-electron chi connectivity index (χ1n) is 8.47. The Labute approximate surface area is 146 Å². The SMILES string of the molecule is Cc1sc(CC(O)C2CCCC2)cc1N=CNc1ccc(O)cc1. The van der Waals surface area contributed by atoms with Crippen molar-refractivity contribution in [3.05, 3.63) is 40.1 Å². The lowest BCUT2D eigenvalue weighted by Crippen LogP contribution is -2.19. The summed E-state index contributed by atoms with van der Waals surface area (Å²) in [7, 11) is 0. The number of aliphatic hydroxyl groups is 1. The molecule has 1 fully saturated rings. The summed E-state index contributed by atoms with van der Waals surface area (Å²) >= 11 is 1.72. The van der Waals surface area contributed by atoms with E-state index in [9.17, 15) is 10.2 Å². The van der Waals surface area contributed by atoms with E-state index in [2.05, 4.69) is 23.3 Å². The molecular formula is C19H24N2O2S. The second-order valence-corrected chi connectivity index (χ2v) is 7.76. The summed E-state index contributed by atoms with van der Waals surface area (Å²) in [6.07, 6.45) is 7.00. The summed E-state index contributed by atoms with van der Waals surface area (Å²) in [5.74, 6) is 0.715. The average Bonchev–Trinajstić information content (AvgIpc) is 3.20. The maximum atomic E-state index is 10.4. The molecule has 2 aromatic rings. The molecule has 128 valence electrons. The fraction of sp³-hybridized carbons (Fsp3) is 0.421. The van der Waals surface area contributed by atoms with Crippen LogP contribution < -0.4 is 5.32 Å². The molecule has 0 amide bonds. The number of aryl methyl sites for hydroxylation is 1. The van der Waals surface area contributed by atoms with Crippen LogP contribution in [-0.2, 0) is 6.42 Å². The molecule has 1 saturated carbocycles. The number of anilines is 1. The number of rotatable bonds is 6. The third-order valence-corrected chi connectivity index (χ3v) is 5.66. The van der Waals surface area contributed by atoms with Gasteiger partial charge in [-0.1, -0.05) is 12.8 Å². The molecule has 0 bridgehead atoms. The van der Waals surface area contributed by atoms with Gasteiger partial charge in [0.1, 0.15) is 5.75 Å². The van der Waals surface area contributed by atoms with E-state index in [1.54, 1.807) is 41.9 Å². The molecule has 0 aliphatic heterocycles. The average molecular weight is 344 g/mol. The Morgan fingerprint density at radius 1 is 1.29 bits per heavy atom. The first-order chi connectivity index (χ1) is 11.6. The second-order valence-electron chi connectivity index (χ2n) is 6.42. The summed E-state index contributed by atoms with van der Waals surface area (Å²) in [6.45, 7) is 2.06. The number of nitrogens with one attached hydrogen (secondary N) is 1. The number of thiophene rings is 1. The molecule has 3 N–H and O–H groups in total. The molecule has 1 heterocycles. The van der Waals surface area contributed by atoms with Gasteiger partial charge < -0.3 is 15.5 Å². The summed E-state index contributed by atoms with van der Waals surface area (Å²) in [4.78, 5) is 6.84. The smallest absolute Gasteiger partial charge is 0.115 e. The Bertz CT molecular complexity index is 688. The molecule has 1 unspecified atom stereocenters. The van der Waals surface area contributed by atoms with E-state index in [0.717, 1.165) is 35.5 Å². The second kappa shape index (κ2) is 7.81. The van der Waals surface area contributed by atoms with Crippen molar-refractivity contribution >= 4 is 29.1 Å². The zero-order chi connectivity index (χ0) is 16.9. The summed E-state index contributed by atoms with van der Waals surface area (Å²) in [6, 6.07) is 8.94. The Morgan fingerprint density at radius 2 is 2.00 bits per heavy atom. The highest BCUT2D eigenvalue weighted by Gasteiger charge is 2.23. The first kappa shape index (κ1) is 17.0. The molecule has 1 atom stereocenters. The third-order valence-electron chi connectivity index (χ3n) is 4.60. The molecule has 3 rings (SSSR count). The highest BCUT2D eigenvalue weighted by atomic mass is 32.1. The zero-order valence-electron chi connectivity index (χ0n) is 13.9. The maximum Gasteiger partial charge on any atom is 0.115 e. The minimum atomic E-state index is -0.225. The van der Waals surface area contributed by atoms with Crippen LogP contribution in [0.3, 0.4) is 0 Å². The van der Waals surface area contributed by atoms with Crippen LogP contribution in [0.15, 0.2) is 35.3 Å². The van der Waals surface area contributed by atoms with Gasteiger partial charge in [-0.3, -0.25) is 0 Å². The number of phenolic OH excluding ortho intramolecular Hbond substituents is 1. The van der Waals surface area contributed by atoms with Crippen molar-refractivity contribution in [2.45, 2.75) is 45.1 Å². The standard InChI is InChI=1S/C19H24N2O2S/c1-13-18(21-12-20-15-6-8-16(22)9-7-15)10-17(24-13)11-19(23)14-4-2-3-5-14/h6-10,12,14,19,22-23H,2-5,11H2,1H3,(H,20,21). The van der Waals surface area contributed by atoms with Crippen LogP contribution in [0.4, 0.5) is 11.4 Å². The summed E-state index contributed by atoms with van der Waals surface area (Å²) in [5.41, 5.74) is 1.82. The molecule has 1 aromatic heterocycles. The fourth-order valence-electron chi connectivity index (χ4n) is 3.21. The lowest BCUT2D eigenvalue weighted by atomic mass is 9.98. The number of phenols is 1. The minimum absolute atomic E-state index is 0.225. The van der Waals surface area contributed by atoms with Gasteiger partial charge >= 0.3 is 0 Å². The molecule has 24 heavy (non-hydrogen) atoms. The van der Waals surface area contributed by atoms with Gasteiger partial charge in [0.25, 0.3) is 0 Å². The van der Waals surface area contributed by atoms with E-state index in [4.69, 9.17) is 0 Å². The van der Waals surface area contributed by atoms with Crippen molar-refractivity contribution < 1.29 is 10.2 Å². The number of aliphatic imine (C=N–C) groups is 1. The van der Waals surface area contributed by atoms with Crippen LogP contribution in [0.25, 0.3) is 0 Å². The minimum Gasteiger partial charge on any atom is -0.508 e. The summed E-state index contributed by atoms with van der Waals surface area (Å²) < 4.78 is 0. The lowest BCUT2D eigenvalue weighted by molar-refractivity contribution is 0.112. The van der Waals surface area contributed by atoms with Crippen LogP contribution in [-0.4, -0.2) is 22.7 Å². The number of aromatic hydroxyl groups is 1. The molecule has 0 saturated heterocycles. The zero-order valence-corrected chi connectivity index (χ0v) is 14.7. The molecular weight excluding hydrogens is 320 g/mol. The van der Waals surface area contributed by atoms with Gasteiger partial charge in [-0.15, -0.1) is 11.3 Å². The van der Waals surface area contributed by atoms with Gasteiger partial charge in [-0.05, 0) is 56.0 Å². The van der Waals surface area contributed by atoms with Crippen molar-refractivity contribution in [2.24, 2.45) is 10.9 Å². The van der Waals surface area contributed by atoms with E-state index in [-0.39, 0.29) is 11.9 Å². The van der Waals surface area contributed by atoms with Crippen molar-refractivity contribution in [2.75, 3.05) is 5.32 Å². The van der Waals surface area contributed by atoms with Crippen molar-refractivity contribution in [1.29, 1.82) is 0 Å². The van der Waals surface area contributed by atoms with E-state index in [1.807, 2.05) is 0 Å². The largest absolute Gasteiger partial charge is 0.508 e. The Hall–Kier alpha value is -1.85. The maximum absolute atomic E-state index is 10.4. The van der Waals surface area contributed by atoms with Gasteiger partial charge in [0.15, 0.2) is 0 Å². The van der Waals surface area contributed by atoms with Crippen LogP contribution >= 0.6 is 11.3 Å².